The first-order valence-corrected chi connectivity index (χ1v) is 8.28. The van der Waals surface area contributed by atoms with E-state index in [4.69, 9.17) is 11.6 Å². The number of hydrogen-bond acceptors (Lipinski definition) is 3. The number of carbonyl (C=O) groups is 1. The second-order valence-electron chi connectivity index (χ2n) is 4.54. The molecule has 5 heteroatoms. The third kappa shape index (κ3) is 3.44. The molecule has 1 heterocycles. The maximum absolute atomic E-state index is 12.4. The Morgan fingerprint density at radius 2 is 2.20 bits per heavy atom. The Labute approximate surface area is 128 Å². The first-order valence-electron chi connectivity index (χ1n) is 6.50. The summed E-state index contributed by atoms with van der Waals surface area (Å²) < 4.78 is 0. The highest BCUT2D eigenvalue weighted by atomic mass is 35.5. The molecule has 106 valence electrons. The first kappa shape index (κ1) is 15.1. The number of rotatable bonds is 5. The average Bonchev–Trinajstić information content (AvgIpc) is 2.45. The largest absolute Gasteiger partial charge is 0.348 e. The van der Waals surface area contributed by atoms with Gasteiger partial charge in [0, 0.05) is 17.2 Å². The quantitative estimate of drug-likeness (QED) is 0.855. The third-order valence-corrected chi connectivity index (χ3v) is 4.05. The van der Waals surface area contributed by atoms with E-state index in [1.54, 1.807) is 17.8 Å². The van der Waals surface area contributed by atoms with E-state index in [-0.39, 0.29) is 11.9 Å². The maximum atomic E-state index is 12.4. The zero-order valence-corrected chi connectivity index (χ0v) is 13.1. The van der Waals surface area contributed by atoms with Gasteiger partial charge in [-0.05, 0) is 24.8 Å². The minimum Gasteiger partial charge on any atom is -0.348 e. The lowest BCUT2D eigenvalue weighted by Gasteiger charge is -2.16. The highest BCUT2D eigenvalue weighted by molar-refractivity contribution is 7.98. The smallest absolute Gasteiger partial charge is 0.252 e. The van der Waals surface area contributed by atoms with Crippen LogP contribution in [0.15, 0.2) is 30.3 Å². The fourth-order valence-electron chi connectivity index (χ4n) is 2.06. The molecule has 1 N–H and O–H groups in total. The molecular formula is C15H17ClN2OS. The molecule has 3 nitrogen and oxygen atoms in total. The Bertz CT molecular complexity index is 618. The van der Waals surface area contributed by atoms with Crippen molar-refractivity contribution < 1.29 is 4.79 Å². The number of aromatic nitrogens is 1. The molecule has 0 aliphatic heterocycles. The van der Waals surface area contributed by atoms with Gasteiger partial charge < -0.3 is 5.32 Å². The second kappa shape index (κ2) is 6.95. The molecule has 0 aliphatic carbocycles. The highest BCUT2D eigenvalue weighted by Crippen LogP contribution is 2.21. The molecule has 0 bridgehead atoms. The molecule has 1 amide bonds. The molecule has 2 aromatic rings. The number of nitrogens with zero attached hydrogens (tertiary/aromatic N) is 1. The summed E-state index contributed by atoms with van der Waals surface area (Å²) in [4.78, 5) is 16.7. The van der Waals surface area contributed by atoms with Gasteiger partial charge in [0.25, 0.3) is 5.91 Å². The van der Waals surface area contributed by atoms with Crippen LogP contribution in [0.25, 0.3) is 10.9 Å². The van der Waals surface area contributed by atoms with E-state index in [1.165, 1.54) is 0 Å². The highest BCUT2D eigenvalue weighted by Gasteiger charge is 2.15. The minimum absolute atomic E-state index is 0.0913. The Hall–Kier alpha value is -1.26. The van der Waals surface area contributed by atoms with Gasteiger partial charge in [-0.1, -0.05) is 36.7 Å². The molecule has 0 aliphatic rings. The van der Waals surface area contributed by atoms with Crippen molar-refractivity contribution in [1.29, 1.82) is 0 Å². The van der Waals surface area contributed by atoms with Gasteiger partial charge in [0.05, 0.1) is 11.1 Å². The topological polar surface area (TPSA) is 42.0 Å². The fraction of sp³-hybridized carbons (Fsp3) is 0.333. The Kier molecular flexibility index (Phi) is 5.26. The van der Waals surface area contributed by atoms with Crippen molar-refractivity contribution in [3.8, 4) is 0 Å². The Balaban J connectivity index is 2.34. The van der Waals surface area contributed by atoms with E-state index in [2.05, 4.69) is 17.2 Å². The maximum Gasteiger partial charge on any atom is 0.252 e. The van der Waals surface area contributed by atoms with E-state index in [1.807, 2.05) is 30.5 Å². The molecule has 1 unspecified atom stereocenters. The minimum atomic E-state index is -0.0913. The van der Waals surface area contributed by atoms with Crippen LogP contribution in [0.4, 0.5) is 0 Å². The molecule has 1 atom stereocenters. The zero-order chi connectivity index (χ0) is 14.5. The summed E-state index contributed by atoms with van der Waals surface area (Å²) in [6.45, 7) is 2.07. The number of thioether (sulfide) groups is 1. The summed E-state index contributed by atoms with van der Waals surface area (Å²) in [5, 5.41) is 4.22. The van der Waals surface area contributed by atoms with Crippen LogP contribution in [0.5, 0.6) is 0 Å². The van der Waals surface area contributed by atoms with Gasteiger partial charge in [0.2, 0.25) is 0 Å². The monoisotopic (exact) mass is 308 g/mol. The molecular weight excluding hydrogens is 292 g/mol. The van der Waals surface area contributed by atoms with Crippen molar-refractivity contribution in [1.82, 2.24) is 10.3 Å². The summed E-state index contributed by atoms with van der Waals surface area (Å²) in [5.74, 6) is 0.810. The van der Waals surface area contributed by atoms with Crippen LogP contribution in [0, 0.1) is 0 Å². The van der Waals surface area contributed by atoms with E-state index in [9.17, 15) is 4.79 Å². The number of hydrogen-bond donors (Lipinski definition) is 1. The van der Waals surface area contributed by atoms with Crippen molar-refractivity contribution in [2.75, 3.05) is 12.0 Å². The van der Waals surface area contributed by atoms with Crippen LogP contribution in [-0.4, -0.2) is 28.9 Å². The van der Waals surface area contributed by atoms with Crippen molar-refractivity contribution in [2.45, 2.75) is 19.4 Å². The molecule has 0 saturated carbocycles. The van der Waals surface area contributed by atoms with Gasteiger partial charge in [0.15, 0.2) is 0 Å². The van der Waals surface area contributed by atoms with E-state index in [0.717, 1.165) is 23.1 Å². The normalized spacial score (nSPS) is 12.3. The standard InChI is InChI=1S/C15H17ClN2OS/c1-3-10(9-20-2)17-15(19)12-8-14(16)18-13-7-5-4-6-11(12)13/h4-8,10H,3,9H2,1-2H3,(H,17,19). The molecule has 0 radical (unpaired) electrons. The number of benzene rings is 1. The molecule has 1 aromatic heterocycles. The van der Waals surface area contributed by atoms with Gasteiger partial charge >= 0.3 is 0 Å². The number of nitrogens with one attached hydrogen (secondary N) is 1. The average molecular weight is 309 g/mol. The third-order valence-electron chi connectivity index (χ3n) is 3.13. The number of para-hydroxylation sites is 1. The van der Waals surface area contributed by atoms with Gasteiger partial charge in [0.1, 0.15) is 5.15 Å². The predicted molar refractivity (Wildman–Crippen MR) is 86.7 cm³/mol. The Morgan fingerprint density at radius 3 is 2.90 bits per heavy atom. The van der Waals surface area contributed by atoms with Crippen LogP contribution in [0.1, 0.15) is 23.7 Å². The van der Waals surface area contributed by atoms with Gasteiger partial charge in [-0.3, -0.25) is 4.79 Å². The number of fused-ring (bicyclic) bond motifs is 1. The SMILES string of the molecule is CCC(CSC)NC(=O)c1cc(Cl)nc2ccccc12. The fourth-order valence-corrected chi connectivity index (χ4v) is 2.98. The van der Waals surface area contributed by atoms with Gasteiger partial charge in [-0.2, -0.15) is 11.8 Å². The van der Waals surface area contributed by atoms with Crippen LogP contribution >= 0.6 is 23.4 Å². The van der Waals surface area contributed by atoms with E-state index < -0.39 is 0 Å². The molecule has 20 heavy (non-hydrogen) atoms. The van der Waals surface area contributed by atoms with Crippen LogP contribution < -0.4 is 5.32 Å². The van der Waals surface area contributed by atoms with Gasteiger partial charge in [-0.25, -0.2) is 4.98 Å². The number of pyridine rings is 1. The summed E-state index contributed by atoms with van der Waals surface area (Å²) in [7, 11) is 0. The van der Waals surface area contributed by atoms with E-state index >= 15 is 0 Å². The van der Waals surface area contributed by atoms with E-state index in [0.29, 0.717) is 10.7 Å². The summed E-state index contributed by atoms with van der Waals surface area (Å²) in [6, 6.07) is 9.33. The lowest BCUT2D eigenvalue weighted by atomic mass is 10.1. The Morgan fingerprint density at radius 1 is 1.45 bits per heavy atom. The molecule has 0 saturated heterocycles. The molecule has 1 aromatic carbocycles. The van der Waals surface area contributed by atoms with Gasteiger partial charge in [-0.15, -0.1) is 0 Å². The lowest BCUT2D eigenvalue weighted by Crippen LogP contribution is -2.36. The number of halogens is 1. The van der Waals surface area contributed by atoms with Crippen molar-refractivity contribution in [3.05, 3.63) is 41.0 Å². The summed E-state index contributed by atoms with van der Waals surface area (Å²) >= 11 is 7.73. The summed E-state index contributed by atoms with van der Waals surface area (Å²) in [5.41, 5.74) is 1.32. The number of carbonyl (C=O) groups excluding carboxylic acids is 1. The second-order valence-corrected chi connectivity index (χ2v) is 5.84. The van der Waals surface area contributed by atoms with Crippen LogP contribution in [0.2, 0.25) is 5.15 Å². The van der Waals surface area contributed by atoms with Crippen molar-refractivity contribution in [3.63, 3.8) is 0 Å². The summed E-state index contributed by atoms with van der Waals surface area (Å²) in [6.07, 6.45) is 2.94. The van der Waals surface area contributed by atoms with Crippen LogP contribution in [0.3, 0.4) is 0 Å². The lowest BCUT2D eigenvalue weighted by molar-refractivity contribution is 0.0941. The number of amides is 1. The molecule has 2 rings (SSSR count). The molecule has 0 spiro atoms. The zero-order valence-electron chi connectivity index (χ0n) is 11.5. The first-order chi connectivity index (χ1) is 9.65. The predicted octanol–water partition coefficient (Wildman–Crippen LogP) is 3.76. The van der Waals surface area contributed by atoms with Crippen molar-refractivity contribution >= 4 is 40.2 Å². The van der Waals surface area contributed by atoms with Crippen molar-refractivity contribution in [2.24, 2.45) is 0 Å². The molecule has 0 fully saturated rings. The van der Waals surface area contributed by atoms with Crippen LogP contribution in [-0.2, 0) is 0 Å².